The van der Waals surface area contributed by atoms with E-state index in [-0.39, 0.29) is 37.6 Å². The molecule has 2 aliphatic rings. The van der Waals surface area contributed by atoms with E-state index >= 15 is 0 Å². The SMILES string of the molecule is C#Cc1cccc(Nc2ncnc3cc(OCCOC)c(OCCOC(=O)CCCCCN4/C(=C/C=C/C=C/C=C/C5=[N+](CCCC)c6ccccc6C5(C)C)C(C)(C)c5cc(C(F)(F)F)ccc54)cc23)c1. The summed E-state index contributed by atoms with van der Waals surface area (Å²) in [6.07, 6.45) is 21.1. The second kappa shape index (κ2) is 23.8. The highest BCUT2D eigenvalue weighted by atomic mass is 19.4. The summed E-state index contributed by atoms with van der Waals surface area (Å²) in [4.78, 5) is 23.9. The van der Waals surface area contributed by atoms with Crippen molar-refractivity contribution < 1.29 is 41.5 Å². The first-order valence-corrected chi connectivity index (χ1v) is 24.7. The zero-order chi connectivity index (χ0) is 51.3. The fourth-order valence-corrected chi connectivity index (χ4v) is 9.32. The van der Waals surface area contributed by atoms with Crippen LogP contribution in [0.25, 0.3) is 10.9 Å². The van der Waals surface area contributed by atoms with Gasteiger partial charge in [-0.05, 0) is 80.8 Å². The molecule has 72 heavy (non-hydrogen) atoms. The lowest BCUT2D eigenvalue weighted by atomic mass is 9.81. The van der Waals surface area contributed by atoms with Crippen LogP contribution in [0.5, 0.6) is 11.5 Å². The van der Waals surface area contributed by atoms with Gasteiger partial charge in [-0.2, -0.15) is 17.7 Å². The molecule has 5 aromatic rings. The predicted molar refractivity (Wildman–Crippen MR) is 281 cm³/mol. The van der Waals surface area contributed by atoms with E-state index in [0.717, 1.165) is 48.1 Å². The molecule has 1 N–H and O–H groups in total. The van der Waals surface area contributed by atoms with E-state index in [1.807, 2.05) is 68.5 Å². The van der Waals surface area contributed by atoms with Crippen molar-refractivity contribution in [3.8, 4) is 23.8 Å². The number of ether oxygens (including phenoxy) is 4. The number of anilines is 3. The molecule has 0 unspecified atom stereocenters. The molecular formula is C59H65F3N5O5+. The van der Waals surface area contributed by atoms with Gasteiger partial charge in [-0.15, -0.1) is 6.42 Å². The van der Waals surface area contributed by atoms with Crippen LogP contribution < -0.4 is 19.7 Å². The lowest BCUT2D eigenvalue weighted by Crippen LogP contribution is -2.27. The van der Waals surface area contributed by atoms with Crippen LogP contribution in [0.3, 0.4) is 0 Å². The minimum absolute atomic E-state index is 0.0144. The zero-order valence-corrected chi connectivity index (χ0v) is 42.2. The first kappa shape index (κ1) is 52.6. The number of nitrogens with zero attached hydrogens (tertiary/aromatic N) is 4. The van der Waals surface area contributed by atoms with E-state index in [4.69, 9.17) is 25.4 Å². The number of benzene rings is 4. The van der Waals surface area contributed by atoms with Crippen LogP contribution in [-0.2, 0) is 31.3 Å². The van der Waals surface area contributed by atoms with Gasteiger partial charge >= 0.3 is 12.1 Å². The van der Waals surface area contributed by atoms with Crippen LogP contribution in [0.4, 0.5) is 36.1 Å². The van der Waals surface area contributed by atoms with E-state index < -0.39 is 17.2 Å². The van der Waals surface area contributed by atoms with Gasteiger partial charge in [0, 0.05) is 83.7 Å². The number of carbonyl (C=O) groups excluding carboxylic acids is 1. The zero-order valence-electron chi connectivity index (χ0n) is 42.2. The van der Waals surface area contributed by atoms with Crippen molar-refractivity contribution in [3.05, 3.63) is 156 Å². The normalized spacial score (nSPS) is 15.5. The van der Waals surface area contributed by atoms with Crippen molar-refractivity contribution >= 4 is 45.5 Å². The minimum atomic E-state index is -4.46. The molecule has 13 heteroatoms. The van der Waals surface area contributed by atoms with Crippen molar-refractivity contribution in [3.63, 3.8) is 0 Å². The number of methoxy groups -OCH3 is 1. The first-order valence-electron chi connectivity index (χ1n) is 24.7. The Bertz CT molecular complexity index is 2930. The maximum atomic E-state index is 14.0. The van der Waals surface area contributed by atoms with Gasteiger partial charge in [0.15, 0.2) is 17.2 Å². The Morgan fingerprint density at radius 3 is 2.36 bits per heavy atom. The number of esters is 1. The lowest BCUT2D eigenvalue weighted by Gasteiger charge is -2.27. The lowest BCUT2D eigenvalue weighted by molar-refractivity contribution is -0.438. The molecule has 3 heterocycles. The average Bonchev–Trinajstić information content (AvgIpc) is 3.71. The number of terminal acetylenes is 1. The highest BCUT2D eigenvalue weighted by molar-refractivity contribution is 6.03. The van der Waals surface area contributed by atoms with E-state index in [2.05, 4.69) is 87.9 Å². The van der Waals surface area contributed by atoms with Crippen LogP contribution in [0.15, 0.2) is 133 Å². The number of carbonyl (C=O) groups is 1. The Morgan fingerprint density at radius 2 is 1.58 bits per heavy atom. The summed E-state index contributed by atoms with van der Waals surface area (Å²) in [7, 11) is 1.59. The first-order chi connectivity index (χ1) is 34.7. The van der Waals surface area contributed by atoms with E-state index in [1.165, 1.54) is 29.4 Å². The number of hydrogen-bond donors (Lipinski definition) is 1. The number of nitrogens with one attached hydrogen (secondary N) is 1. The smallest absolute Gasteiger partial charge is 0.416 e. The van der Waals surface area contributed by atoms with Crippen LogP contribution in [0, 0.1) is 12.3 Å². The fourth-order valence-electron chi connectivity index (χ4n) is 9.32. The summed E-state index contributed by atoms with van der Waals surface area (Å²) < 4.78 is 67.1. The summed E-state index contributed by atoms with van der Waals surface area (Å²) in [5.74, 6) is 3.70. The molecule has 376 valence electrons. The van der Waals surface area contributed by atoms with E-state index in [1.54, 1.807) is 25.3 Å². The summed E-state index contributed by atoms with van der Waals surface area (Å²) in [6, 6.07) is 23.6. The molecule has 0 spiro atoms. The molecule has 0 bridgehead atoms. The largest absolute Gasteiger partial charge is 0.487 e. The quantitative estimate of drug-likeness (QED) is 0.0226. The molecule has 7 rings (SSSR count). The van der Waals surface area contributed by atoms with Gasteiger partial charge in [0.2, 0.25) is 5.69 Å². The minimum Gasteiger partial charge on any atom is -0.487 e. The molecule has 0 atom stereocenters. The van der Waals surface area contributed by atoms with Crippen LogP contribution >= 0.6 is 0 Å². The Morgan fingerprint density at radius 1 is 0.819 bits per heavy atom. The standard InChI is InChI=1S/C59H65F3N5O5/c1-8-10-31-66-49-25-19-18-24-46(49)57(3,4)53(66)26-15-12-11-13-16-27-54-58(5,6)47-38-43(59(60,61)62)29-30-50(47)67(54)32-20-14-17-28-55(68)72-36-35-71-51-39-45-48(40-52(51)70-34-33-69-7)63-41-64-56(45)65-44-23-21-22-42(9-2)37-44/h2,11-13,15-16,18-19,21-27,29-30,37-41H,8,10,14,17,20,28,31-36H2,1,3-7H3,(H,63,64,65)/q+1. The molecule has 0 fully saturated rings. The Balaban J connectivity index is 0.949. The van der Waals surface area contributed by atoms with Crippen molar-refractivity contribution in [1.29, 1.82) is 0 Å². The third kappa shape index (κ3) is 12.5. The third-order valence-corrected chi connectivity index (χ3v) is 13.1. The van der Waals surface area contributed by atoms with Crippen LogP contribution in [0.2, 0.25) is 0 Å². The molecule has 0 saturated carbocycles. The molecule has 1 aromatic heterocycles. The van der Waals surface area contributed by atoms with Gasteiger partial charge < -0.3 is 29.2 Å². The maximum absolute atomic E-state index is 14.0. The van der Waals surface area contributed by atoms with Gasteiger partial charge in [-0.25, -0.2) is 9.97 Å². The maximum Gasteiger partial charge on any atom is 0.416 e. The van der Waals surface area contributed by atoms with Gasteiger partial charge in [-0.1, -0.05) is 94.2 Å². The molecule has 2 aliphatic heterocycles. The van der Waals surface area contributed by atoms with Crippen LogP contribution in [-0.4, -0.2) is 72.9 Å². The number of unbranched alkanes of at least 4 members (excludes halogenated alkanes) is 3. The highest BCUT2D eigenvalue weighted by Crippen LogP contribution is 2.49. The molecule has 0 saturated heterocycles. The van der Waals surface area contributed by atoms with E-state index in [9.17, 15) is 18.0 Å². The summed E-state index contributed by atoms with van der Waals surface area (Å²) in [5.41, 5.74) is 6.75. The number of hydrogen-bond acceptors (Lipinski definition) is 9. The van der Waals surface area contributed by atoms with Crippen LogP contribution in [0.1, 0.15) is 95.4 Å². The summed E-state index contributed by atoms with van der Waals surface area (Å²) in [6.45, 7) is 12.9. The number of halogens is 3. The molecule has 4 aromatic carbocycles. The monoisotopic (exact) mass is 980 g/mol. The molecule has 10 nitrogen and oxygen atoms in total. The Hall–Kier alpha value is -7.17. The van der Waals surface area contributed by atoms with Gasteiger partial charge in [0.05, 0.1) is 23.1 Å². The fraction of sp³-hybridized carbons (Fsp3) is 0.356. The van der Waals surface area contributed by atoms with Gasteiger partial charge in [0.25, 0.3) is 0 Å². The van der Waals surface area contributed by atoms with Gasteiger partial charge in [0.1, 0.15) is 38.5 Å². The van der Waals surface area contributed by atoms with Gasteiger partial charge in [-0.3, -0.25) is 4.79 Å². The van der Waals surface area contributed by atoms with Crippen molar-refractivity contribution in [2.24, 2.45) is 0 Å². The van der Waals surface area contributed by atoms with Crippen molar-refractivity contribution in [1.82, 2.24) is 9.97 Å². The van der Waals surface area contributed by atoms with Crippen molar-refractivity contribution in [2.75, 3.05) is 56.8 Å². The highest BCUT2D eigenvalue weighted by Gasteiger charge is 2.44. The number of allylic oxidation sites excluding steroid dienone is 8. The number of rotatable bonds is 23. The topological polar surface area (TPSA) is 98.1 Å². The number of aromatic nitrogens is 2. The number of fused-ring (bicyclic) bond motifs is 3. The second-order valence-corrected chi connectivity index (χ2v) is 18.8. The van der Waals surface area contributed by atoms with E-state index in [0.29, 0.717) is 66.2 Å². The molecule has 0 aliphatic carbocycles. The molecular weight excluding hydrogens is 916 g/mol. The Kier molecular flexibility index (Phi) is 17.4. The third-order valence-electron chi connectivity index (χ3n) is 13.1. The number of para-hydroxylation sites is 1. The van der Waals surface area contributed by atoms with Crippen molar-refractivity contribution in [2.45, 2.75) is 90.1 Å². The Labute approximate surface area is 422 Å². The predicted octanol–water partition coefficient (Wildman–Crippen LogP) is 13.1. The summed E-state index contributed by atoms with van der Waals surface area (Å²) in [5, 5.41) is 3.99. The second-order valence-electron chi connectivity index (χ2n) is 18.8. The summed E-state index contributed by atoms with van der Waals surface area (Å²) >= 11 is 0. The molecule has 0 radical (unpaired) electrons. The molecule has 0 amide bonds. The average molecular weight is 981 g/mol. The number of alkyl halides is 3.